The van der Waals surface area contributed by atoms with Crippen molar-refractivity contribution in [1.29, 1.82) is 0 Å². The Morgan fingerprint density at radius 3 is 2.47 bits per heavy atom. The van der Waals surface area contributed by atoms with Crippen molar-refractivity contribution in [3.8, 4) is 0 Å². The molecule has 17 heavy (non-hydrogen) atoms. The molecule has 1 saturated heterocycles. The Bertz CT molecular complexity index is 426. The first-order valence-electron chi connectivity index (χ1n) is 6.03. The van der Waals surface area contributed by atoms with E-state index in [2.05, 4.69) is 32.8 Å². The number of hydrogen-bond acceptors (Lipinski definition) is 3. The van der Waals surface area contributed by atoms with Gasteiger partial charge in [-0.3, -0.25) is 4.68 Å². The minimum Gasteiger partial charge on any atom is -0.406 e. The second kappa shape index (κ2) is 3.85. The molecule has 1 aliphatic rings. The van der Waals surface area contributed by atoms with E-state index >= 15 is 0 Å². The molecule has 0 amide bonds. The van der Waals surface area contributed by atoms with Crippen LogP contribution in [0.4, 0.5) is 0 Å². The zero-order chi connectivity index (χ0) is 12.8. The smallest absolute Gasteiger partial charge is 0.406 e. The van der Waals surface area contributed by atoms with Crippen LogP contribution in [0.25, 0.3) is 0 Å². The summed E-state index contributed by atoms with van der Waals surface area (Å²) < 4.78 is 13.7. The molecule has 0 aromatic carbocycles. The molecule has 0 atom stereocenters. The van der Waals surface area contributed by atoms with Gasteiger partial charge in [0.25, 0.3) is 0 Å². The van der Waals surface area contributed by atoms with E-state index in [1.54, 1.807) is 0 Å². The maximum atomic E-state index is 6.09. The normalized spacial score (nSPS) is 22.8. The van der Waals surface area contributed by atoms with Crippen LogP contribution in [0.1, 0.15) is 33.4 Å². The van der Waals surface area contributed by atoms with Crippen LogP contribution >= 0.6 is 0 Å². The summed E-state index contributed by atoms with van der Waals surface area (Å²) in [6.07, 6.45) is 0. The van der Waals surface area contributed by atoms with Crippen molar-refractivity contribution >= 4 is 12.7 Å². The molecular weight excluding hydrogens is 215 g/mol. The Morgan fingerprint density at radius 1 is 1.35 bits per heavy atom. The quantitative estimate of drug-likeness (QED) is 0.689. The van der Waals surface area contributed by atoms with Crippen molar-refractivity contribution in [2.45, 2.75) is 40.2 Å². The minimum absolute atomic E-state index is 0.0110. The molecule has 1 fully saturated rings. The topological polar surface area (TPSA) is 36.3 Å². The Balaban J connectivity index is 2.24. The molecule has 4 nitrogen and oxygen atoms in total. The fraction of sp³-hybridized carbons (Fsp3) is 0.750. The van der Waals surface area contributed by atoms with E-state index in [4.69, 9.17) is 9.31 Å². The zero-order valence-electron chi connectivity index (χ0n) is 11.6. The van der Waals surface area contributed by atoms with Crippen LogP contribution in [0.5, 0.6) is 0 Å². The first-order valence-corrected chi connectivity index (χ1v) is 6.03. The van der Waals surface area contributed by atoms with Gasteiger partial charge in [-0.1, -0.05) is 13.8 Å². The van der Waals surface area contributed by atoms with Gasteiger partial charge in [-0.2, -0.15) is 5.10 Å². The van der Waals surface area contributed by atoms with Crippen molar-refractivity contribution in [2.75, 3.05) is 6.61 Å². The Kier molecular flexibility index (Phi) is 2.87. The van der Waals surface area contributed by atoms with Gasteiger partial charge in [0.15, 0.2) is 0 Å². The van der Waals surface area contributed by atoms with Gasteiger partial charge < -0.3 is 9.31 Å². The minimum atomic E-state index is -0.316. The number of rotatable bonds is 1. The van der Waals surface area contributed by atoms with Crippen molar-refractivity contribution in [2.24, 2.45) is 12.5 Å². The number of nitrogens with zero attached hydrogens (tertiary/aromatic N) is 2. The Morgan fingerprint density at radius 2 is 2.00 bits per heavy atom. The monoisotopic (exact) mass is 236 g/mol. The van der Waals surface area contributed by atoms with Crippen molar-refractivity contribution in [3.05, 3.63) is 11.8 Å². The number of aryl methyl sites for hydroxylation is 2. The number of aromatic nitrogens is 2. The molecule has 1 aliphatic heterocycles. The van der Waals surface area contributed by atoms with E-state index in [0.29, 0.717) is 6.61 Å². The summed E-state index contributed by atoms with van der Waals surface area (Å²) in [7, 11) is 1.60. The predicted molar refractivity (Wildman–Crippen MR) is 68.2 cm³/mol. The van der Waals surface area contributed by atoms with Crippen molar-refractivity contribution < 1.29 is 9.31 Å². The molecule has 0 spiro atoms. The average Bonchev–Trinajstić information content (AvgIpc) is 2.50. The SMILES string of the molecule is Cc1cc(B2OCC(C)(C)C(C)(C)O2)n(C)n1. The lowest BCUT2D eigenvalue weighted by Gasteiger charge is -2.47. The van der Waals surface area contributed by atoms with Gasteiger partial charge in [0.2, 0.25) is 0 Å². The highest BCUT2D eigenvalue weighted by molar-refractivity contribution is 6.60. The van der Waals surface area contributed by atoms with Crippen LogP contribution in [-0.2, 0) is 16.4 Å². The second-order valence-corrected chi connectivity index (χ2v) is 5.99. The summed E-state index contributed by atoms with van der Waals surface area (Å²) in [6, 6.07) is 2.01. The van der Waals surface area contributed by atoms with Gasteiger partial charge in [-0.15, -0.1) is 0 Å². The molecule has 5 heteroatoms. The molecule has 1 aromatic heterocycles. The fourth-order valence-corrected chi connectivity index (χ4v) is 1.92. The van der Waals surface area contributed by atoms with Gasteiger partial charge in [0.05, 0.1) is 16.9 Å². The summed E-state index contributed by atoms with van der Waals surface area (Å²) in [5.41, 5.74) is 1.76. The van der Waals surface area contributed by atoms with E-state index < -0.39 is 0 Å². The lowest BCUT2D eigenvalue weighted by Crippen LogP contribution is -2.59. The van der Waals surface area contributed by atoms with Gasteiger partial charge in [-0.05, 0) is 26.8 Å². The summed E-state index contributed by atoms with van der Waals surface area (Å²) in [4.78, 5) is 0. The molecule has 0 bridgehead atoms. The molecule has 2 heterocycles. The number of hydrogen-bond donors (Lipinski definition) is 0. The molecule has 0 unspecified atom stereocenters. The third-order valence-corrected chi connectivity index (χ3v) is 3.91. The van der Waals surface area contributed by atoms with Crippen LogP contribution < -0.4 is 5.59 Å². The first kappa shape index (κ1) is 12.6. The highest BCUT2D eigenvalue weighted by Gasteiger charge is 2.47. The molecule has 0 saturated carbocycles. The maximum Gasteiger partial charge on any atom is 0.513 e. The lowest BCUT2D eigenvalue weighted by molar-refractivity contribution is -0.0941. The van der Waals surface area contributed by atoms with E-state index in [0.717, 1.165) is 11.3 Å². The molecule has 0 aliphatic carbocycles. The zero-order valence-corrected chi connectivity index (χ0v) is 11.6. The molecule has 0 radical (unpaired) electrons. The second-order valence-electron chi connectivity index (χ2n) is 5.99. The van der Waals surface area contributed by atoms with Crippen LogP contribution in [-0.4, -0.2) is 29.1 Å². The molecule has 94 valence electrons. The van der Waals surface area contributed by atoms with E-state index in [-0.39, 0.29) is 18.1 Å². The predicted octanol–water partition coefficient (Wildman–Crippen LogP) is 1.28. The van der Waals surface area contributed by atoms with E-state index in [1.165, 1.54) is 0 Å². The summed E-state index contributed by atoms with van der Waals surface area (Å²) in [5, 5.41) is 4.33. The third kappa shape index (κ3) is 2.14. The summed E-state index contributed by atoms with van der Waals surface area (Å²) in [6.45, 7) is 11.2. The average molecular weight is 236 g/mol. The van der Waals surface area contributed by atoms with Gasteiger partial charge >= 0.3 is 7.12 Å². The summed E-state index contributed by atoms with van der Waals surface area (Å²) >= 11 is 0. The van der Waals surface area contributed by atoms with Crippen LogP contribution in [0.3, 0.4) is 0 Å². The standard InChI is InChI=1S/C12H21BN2O2/c1-9-7-10(15(6)14-9)13-16-8-11(2,3)12(4,5)17-13/h7H,8H2,1-6H3. The van der Waals surface area contributed by atoms with Crippen LogP contribution in [0.15, 0.2) is 6.07 Å². The Labute approximate surface area is 103 Å². The van der Waals surface area contributed by atoms with E-state index in [9.17, 15) is 0 Å². The van der Waals surface area contributed by atoms with Crippen LogP contribution in [0.2, 0.25) is 0 Å². The molecule has 0 N–H and O–H groups in total. The Hall–Kier alpha value is -0.805. The fourth-order valence-electron chi connectivity index (χ4n) is 1.92. The van der Waals surface area contributed by atoms with E-state index in [1.807, 2.05) is 24.7 Å². The van der Waals surface area contributed by atoms with Gasteiger partial charge in [0.1, 0.15) is 0 Å². The largest absolute Gasteiger partial charge is 0.513 e. The highest BCUT2D eigenvalue weighted by Crippen LogP contribution is 2.37. The van der Waals surface area contributed by atoms with Crippen LogP contribution in [0, 0.1) is 12.3 Å². The highest BCUT2D eigenvalue weighted by atomic mass is 16.6. The van der Waals surface area contributed by atoms with Crippen molar-refractivity contribution in [3.63, 3.8) is 0 Å². The summed E-state index contributed by atoms with van der Waals surface area (Å²) in [5.74, 6) is 0. The molecular formula is C12H21BN2O2. The maximum absolute atomic E-state index is 6.09. The third-order valence-electron chi connectivity index (χ3n) is 3.91. The molecule has 2 rings (SSSR count). The lowest BCUT2D eigenvalue weighted by atomic mass is 9.71. The molecule has 1 aromatic rings. The van der Waals surface area contributed by atoms with Gasteiger partial charge in [-0.25, -0.2) is 0 Å². The van der Waals surface area contributed by atoms with Crippen molar-refractivity contribution in [1.82, 2.24) is 9.78 Å². The first-order chi connectivity index (χ1) is 7.73. The van der Waals surface area contributed by atoms with Gasteiger partial charge in [0, 0.05) is 19.1 Å².